The molecule has 0 radical (unpaired) electrons. The Labute approximate surface area is 148 Å². The first-order chi connectivity index (χ1) is 10.6. The molecular formula is C21H44NP. The third-order valence-electron chi connectivity index (χ3n) is 6.69. The first-order valence-corrected chi connectivity index (χ1v) is 12.0. The average Bonchev–Trinajstić information content (AvgIpc) is 2.40. The Bertz CT molecular complexity index is 335. The molecule has 1 rings (SSSR count). The van der Waals surface area contributed by atoms with Crippen molar-refractivity contribution in [3.05, 3.63) is 0 Å². The highest BCUT2D eigenvalue weighted by atomic mass is 31.1. The van der Waals surface area contributed by atoms with Crippen LogP contribution in [-0.2, 0) is 0 Å². The molecule has 0 aromatic rings. The molecule has 1 aliphatic rings. The monoisotopic (exact) mass is 341 g/mol. The van der Waals surface area contributed by atoms with Crippen LogP contribution in [0.15, 0.2) is 0 Å². The van der Waals surface area contributed by atoms with Gasteiger partial charge in [-0.3, -0.25) is 0 Å². The lowest BCUT2D eigenvalue weighted by Gasteiger charge is -2.47. The SMILES string of the molecule is CCC(C)CC(C)(C)C(CC(C)N(C)C(C)C)P(C)C1CCC1. The molecule has 0 aromatic carbocycles. The van der Waals surface area contributed by atoms with Crippen molar-refractivity contribution in [3.63, 3.8) is 0 Å². The van der Waals surface area contributed by atoms with E-state index in [1.54, 1.807) is 0 Å². The topological polar surface area (TPSA) is 3.24 Å². The van der Waals surface area contributed by atoms with Crippen LogP contribution in [-0.4, -0.2) is 42.0 Å². The number of hydrogen-bond acceptors (Lipinski definition) is 1. The van der Waals surface area contributed by atoms with Gasteiger partial charge in [-0.1, -0.05) is 40.5 Å². The minimum atomic E-state index is 0.155. The van der Waals surface area contributed by atoms with E-state index in [2.05, 4.69) is 67.1 Å². The molecule has 1 aliphatic carbocycles. The summed E-state index contributed by atoms with van der Waals surface area (Å²) in [6.45, 7) is 19.7. The van der Waals surface area contributed by atoms with Crippen molar-refractivity contribution in [1.29, 1.82) is 0 Å². The molecule has 0 saturated heterocycles. The van der Waals surface area contributed by atoms with Gasteiger partial charge in [0.25, 0.3) is 0 Å². The highest BCUT2D eigenvalue weighted by molar-refractivity contribution is 7.58. The maximum absolute atomic E-state index is 2.63. The minimum absolute atomic E-state index is 0.155. The zero-order valence-electron chi connectivity index (χ0n) is 17.5. The van der Waals surface area contributed by atoms with Crippen LogP contribution in [0.25, 0.3) is 0 Å². The Balaban J connectivity index is 2.87. The van der Waals surface area contributed by atoms with E-state index in [9.17, 15) is 0 Å². The Kier molecular flexibility index (Phi) is 8.56. The van der Waals surface area contributed by atoms with Crippen molar-refractivity contribution in [3.8, 4) is 0 Å². The van der Waals surface area contributed by atoms with Gasteiger partial charge in [0, 0.05) is 12.1 Å². The number of hydrogen-bond donors (Lipinski definition) is 0. The van der Waals surface area contributed by atoms with Crippen molar-refractivity contribution in [2.24, 2.45) is 11.3 Å². The predicted octanol–water partition coefficient (Wildman–Crippen LogP) is 6.60. The molecular weight excluding hydrogens is 297 g/mol. The second-order valence-electron chi connectivity index (χ2n) is 9.32. The maximum Gasteiger partial charge on any atom is 0.00727 e. The van der Waals surface area contributed by atoms with Crippen LogP contribution in [0, 0.1) is 11.3 Å². The van der Waals surface area contributed by atoms with E-state index in [-0.39, 0.29) is 7.92 Å². The van der Waals surface area contributed by atoms with E-state index in [0.717, 1.165) is 17.2 Å². The third-order valence-corrected chi connectivity index (χ3v) is 10.3. The molecule has 0 spiro atoms. The van der Waals surface area contributed by atoms with Gasteiger partial charge in [-0.25, -0.2) is 0 Å². The lowest BCUT2D eigenvalue weighted by atomic mass is 9.77. The van der Waals surface area contributed by atoms with Crippen LogP contribution in [0.5, 0.6) is 0 Å². The summed E-state index contributed by atoms with van der Waals surface area (Å²) in [5.41, 5.74) is 2.45. The van der Waals surface area contributed by atoms with Gasteiger partial charge in [-0.05, 0) is 82.8 Å². The maximum atomic E-state index is 2.63. The Hall–Kier alpha value is 0.390. The highest BCUT2D eigenvalue weighted by Gasteiger charge is 2.40. The van der Waals surface area contributed by atoms with Gasteiger partial charge in [0.15, 0.2) is 0 Å². The van der Waals surface area contributed by atoms with Crippen LogP contribution >= 0.6 is 7.92 Å². The van der Waals surface area contributed by atoms with E-state index in [4.69, 9.17) is 0 Å². The molecule has 0 N–H and O–H groups in total. The zero-order chi connectivity index (χ0) is 17.8. The summed E-state index contributed by atoms with van der Waals surface area (Å²) in [6.07, 6.45) is 8.60. The molecule has 1 fully saturated rings. The molecule has 0 aliphatic heterocycles. The molecule has 4 unspecified atom stereocenters. The molecule has 23 heavy (non-hydrogen) atoms. The van der Waals surface area contributed by atoms with Crippen molar-refractivity contribution in [1.82, 2.24) is 4.90 Å². The van der Waals surface area contributed by atoms with E-state index in [0.29, 0.717) is 17.5 Å². The van der Waals surface area contributed by atoms with Gasteiger partial charge in [-0.2, -0.15) is 0 Å². The van der Waals surface area contributed by atoms with Crippen molar-refractivity contribution < 1.29 is 0 Å². The lowest BCUT2D eigenvalue weighted by Crippen LogP contribution is -2.42. The van der Waals surface area contributed by atoms with Gasteiger partial charge >= 0.3 is 0 Å². The molecule has 1 saturated carbocycles. The smallest absolute Gasteiger partial charge is 0.00727 e. The van der Waals surface area contributed by atoms with Gasteiger partial charge in [0.1, 0.15) is 0 Å². The Morgan fingerprint density at radius 2 is 1.70 bits per heavy atom. The minimum Gasteiger partial charge on any atom is -0.301 e. The van der Waals surface area contributed by atoms with Crippen molar-refractivity contribution in [2.45, 2.75) is 110 Å². The van der Waals surface area contributed by atoms with Gasteiger partial charge in [0.2, 0.25) is 0 Å². The fraction of sp³-hybridized carbons (Fsp3) is 1.00. The summed E-state index contributed by atoms with van der Waals surface area (Å²) in [6, 6.07) is 1.34. The molecule has 0 heterocycles. The fourth-order valence-corrected chi connectivity index (χ4v) is 7.80. The fourth-order valence-electron chi connectivity index (χ4n) is 4.26. The summed E-state index contributed by atoms with van der Waals surface area (Å²) in [5.74, 6) is 0.857. The van der Waals surface area contributed by atoms with E-state index in [1.807, 2.05) is 0 Å². The quantitative estimate of drug-likeness (QED) is 0.405. The van der Waals surface area contributed by atoms with Crippen LogP contribution in [0.3, 0.4) is 0 Å². The van der Waals surface area contributed by atoms with Crippen molar-refractivity contribution in [2.75, 3.05) is 13.7 Å². The Morgan fingerprint density at radius 3 is 2.09 bits per heavy atom. The van der Waals surface area contributed by atoms with E-state index >= 15 is 0 Å². The summed E-state index contributed by atoms with van der Waals surface area (Å²) in [5, 5.41) is 0. The largest absolute Gasteiger partial charge is 0.301 e. The molecule has 0 bridgehead atoms. The molecule has 0 aromatic heterocycles. The lowest BCUT2D eigenvalue weighted by molar-refractivity contribution is 0.169. The van der Waals surface area contributed by atoms with E-state index < -0.39 is 0 Å². The first-order valence-electron chi connectivity index (χ1n) is 10.0. The van der Waals surface area contributed by atoms with Crippen LogP contribution < -0.4 is 0 Å². The average molecular weight is 342 g/mol. The number of rotatable bonds is 10. The normalized spacial score (nSPS) is 22.0. The third kappa shape index (κ3) is 6.00. The standard InChI is InChI=1S/C21H44NP/c1-10-17(4)15-21(6,7)20(23(9)19-12-11-13-19)14-18(5)22(8)16(2)3/h16-20H,10-15H2,1-9H3. The van der Waals surface area contributed by atoms with Crippen LogP contribution in [0.1, 0.15) is 87.0 Å². The van der Waals surface area contributed by atoms with Gasteiger partial charge < -0.3 is 4.90 Å². The second-order valence-corrected chi connectivity index (χ2v) is 12.0. The molecule has 138 valence electrons. The van der Waals surface area contributed by atoms with E-state index in [1.165, 1.54) is 38.5 Å². The summed E-state index contributed by atoms with van der Waals surface area (Å²) >= 11 is 0. The summed E-state index contributed by atoms with van der Waals surface area (Å²) in [4.78, 5) is 2.58. The summed E-state index contributed by atoms with van der Waals surface area (Å²) < 4.78 is 0. The second kappa shape index (κ2) is 9.19. The molecule has 0 amide bonds. The molecule has 4 atom stereocenters. The summed E-state index contributed by atoms with van der Waals surface area (Å²) in [7, 11) is 2.47. The van der Waals surface area contributed by atoms with Gasteiger partial charge in [-0.15, -0.1) is 7.92 Å². The first kappa shape index (κ1) is 21.4. The van der Waals surface area contributed by atoms with Crippen LogP contribution in [0.2, 0.25) is 0 Å². The van der Waals surface area contributed by atoms with Crippen molar-refractivity contribution >= 4 is 7.92 Å². The van der Waals surface area contributed by atoms with Gasteiger partial charge in [0.05, 0.1) is 0 Å². The number of nitrogens with zero attached hydrogens (tertiary/aromatic N) is 1. The highest BCUT2D eigenvalue weighted by Crippen LogP contribution is 2.58. The Morgan fingerprint density at radius 1 is 1.13 bits per heavy atom. The molecule has 1 nitrogen and oxygen atoms in total. The molecule has 2 heteroatoms. The predicted molar refractivity (Wildman–Crippen MR) is 109 cm³/mol. The van der Waals surface area contributed by atoms with Crippen LogP contribution in [0.4, 0.5) is 0 Å². The zero-order valence-corrected chi connectivity index (χ0v) is 18.4.